The minimum Gasteiger partial charge on any atom is -0.497 e. The van der Waals surface area contributed by atoms with Crippen LogP contribution in [0.3, 0.4) is 0 Å². The van der Waals surface area contributed by atoms with Gasteiger partial charge >= 0.3 is 0 Å². The minimum absolute atomic E-state index is 0.0767. The maximum absolute atomic E-state index is 11.3. The molecule has 0 saturated heterocycles. The summed E-state index contributed by atoms with van der Waals surface area (Å²) in [6.45, 7) is 0.504. The van der Waals surface area contributed by atoms with Gasteiger partial charge in [0.15, 0.2) is 0 Å². The van der Waals surface area contributed by atoms with Crippen LogP contribution in [0.15, 0.2) is 24.3 Å². The smallest absolute Gasteiger partial charge is 0.236 e. The van der Waals surface area contributed by atoms with E-state index in [1.807, 2.05) is 30.3 Å². The van der Waals surface area contributed by atoms with Gasteiger partial charge in [-0.05, 0) is 17.7 Å². The number of hydrogen-bond donors (Lipinski definition) is 0. The molecule has 1 rings (SSSR count). The van der Waals surface area contributed by atoms with Crippen LogP contribution in [0, 0.1) is 11.3 Å². The monoisotopic (exact) mass is 218 g/mol. The van der Waals surface area contributed by atoms with E-state index in [0.717, 1.165) is 11.3 Å². The first-order valence-corrected chi connectivity index (χ1v) is 4.91. The van der Waals surface area contributed by atoms with Crippen LogP contribution in [0.25, 0.3) is 0 Å². The number of ether oxygens (including phenoxy) is 1. The Morgan fingerprint density at radius 3 is 2.56 bits per heavy atom. The van der Waals surface area contributed by atoms with Crippen LogP contribution in [0.5, 0.6) is 5.75 Å². The highest BCUT2D eigenvalue weighted by atomic mass is 16.5. The van der Waals surface area contributed by atoms with Crippen molar-refractivity contribution in [1.29, 1.82) is 5.26 Å². The van der Waals surface area contributed by atoms with E-state index in [-0.39, 0.29) is 12.3 Å². The van der Waals surface area contributed by atoms with Crippen LogP contribution in [0.2, 0.25) is 0 Å². The molecule has 4 heteroatoms. The molecule has 0 heterocycles. The molecule has 1 aromatic rings. The molecule has 0 saturated carbocycles. The first-order valence-electron chi connectivity index (χ1n) is 4.91. The Labute approximate surface area is 95.0 Å². The normalized spacial score (nSPS) is 9.31. The van der Waals surface area contributed by atoms with Crippen molar-refractivity contribution in [3.05, 3.63) is 29.8 Å². The van der Waals surface area contributed by atoms with Crippen LogP contribution in [-0.2, 0) is 11.3 Å². The predicted octanol–water partition coefficient (Wildman–Crippen LogP) is 1.57. The second-order valence-corrected chi connectivity index (χ2v) is 3.43. The predicted molar refractivity (Wildman–Crippen MR) is 59.7 cm³/mol. The fourth-order valence-corrected chi connectivity index (χ4v) is 1.30. The Balaban J connectivity index is 2.59. The fourth-order valence-electron chi connectivity index (χ4n) is 1.30. The number of nitriles is 1. The highest BCUT2D eigenvalue weighted by molar-refractivity contribution is 5.77. The van der Waals surface area contributed by atoms with E-state index in [1.165, 1.54) is 4.90 Å². The third-order valence-electron chi connectivity index (χ3n) is 2.23. The average Bonchev–Trinajstić information content (AvgIpc) is 2.30. The van der Waals surface area contributed by atoms with E-state index >= 15 is 0 Å². The minimum atomic E-state index is -0.168. The number of carbonyl (C=O) groups excluding carboxylic acids is 1. The van der Waals surface area contributed by atoms with Gasteiger partial charge < -0.3 is 9.64 Å². The summed E-state index contributed by atoms with van der Waals surface area (Å²) in [5, 5.41) is 8.41. The van der Waals surface area contributed by atoms with Crippen LogP contribution in [-0.4, -0.2) is 25.0 Å². The number of rotatable bonds is 4. The topological polar surface area (TPSA) is 53.3 Å². The molecule has 0 spiro atoms. The summed E-state index contributed by atoms with van der Waals surface area (Å²) in [5.41, 5.74) is 1.01. The zero-order valence-corrected chi connectivity index (χ0v) is 9.43. The second kappa shape index (κ2) is 5.76. The lowest BCUT2D eigenvalue weighted by molar-refractivity contribution is -0.129. The molecule has 0 N–H and O–H groups in total. The number of hydrogen-bond acceptors (Lipinski definition) is 3. The van der Waals surface area contributed by atoms with Crippen molar-refractivity contribution >= 4 is 5.91 Å². The number of benzene rings is 1. The molecular formula is C12H14N2O2. The van der Waals surface area contributed by atoms with Crippen molar-refractivity contribution < 1.29 is 9.53 Å². The number of carbonyl (C=O) groups is 1. The first kappa shape index (κ1) is 12.1. The maximum atomic E-state index is 11.3. The van der Waals surface area contributed by atoms with Crippen LogP contribution < -0.4 is 4.74 Å². The third kappa shape index (κ3) is 3.28. The van der Waals surface area contributed by atoms with Crippen molar-refractivity contribution in [2.45, 2.75) is 13.0 Å². The van der Waals surface area contributed by atoms with E-state index in [1.54, 1.807) is 14.2 Å². The molecule has 0 aliphatic heterocycles. The Hall–Kier alpha value is -2.02. The summed E-state index contributed by atoms with van der Waals surface area (Å²) < 4.78 is 5.04. The zero-order chi connectivity index (χ0) is 12.0. The lowest BCUT2D eigenvalue weighted by Gasteiger charge is -2.15. The van der Waals surface area contributed by atoms with Gasteiger partial charge in [0.05, 0.1) is 13.2 Å². The van der Waals surface area contributed by atoms with Crippen molar-refractivity contribution in [3.63, 3.8) is 0 Å². The molecule has 4 nitrogen and oxygen atoms in total. The second-order valence-electron chi connectivity index (χ2n) is 3.43. The molecule has 0 unspecified atom stereocenters. The maximum Gasteiger partial charge on any atom is 0.236 e. The molecular weight excluding hydrogens is 204 g/mol. The van der Waals surface area contributed by atoms with Gasteiger partial charge in [0.25, 0.3) is 0 Å². The number of methoxy groups -OCH3 is 1. The SMILES string of the molecule is COc1ccc(CN(C)C(=O)CC#N)cc1. The van der Waals surface area contributed by atoms with Crippen molar-refractivity contribution in [2.24, 2.45) is 0 Å². The first-order chi connectivity index (χ1) is 7.67. The van der Waals surface area contributed by atoms with Crippen LogP contribution >= 0.6 is 0 Å². The van der Waals surface area contributed by atoms with Crippen LogP contribution in [0.1, 0.15) is 12.0 Å². The molecule has 0 aliphatic rings. The molecule has 0 aromatic heterocycles. The van der Waals surface area contributed by atoms with Crippen molar-refractivity contribution in [1.82, 2.24) is 4.90 Å². The molecule has 0 atom stereocenters. The average molecular weight is 218 g/mol. The van der Waals surface area contributed by atoms with E-state index in [9.17, 15) is 4.79 Å². The van der Waals surface area contributed by atoms with E-state index < -0.39 is 0 Å². The molecule has 0 radical (unpaired) electrons. The quantitative estimate of drug-likeness (QED) is 0.770. The summed E-state index contributed by atoms with van der Waals surface area (Å²) in [6, 6.07) is 9.33. The van der Waals surface area contributed by atoms with Gasteiger partial charge in [0.2, 0.25) is 5.91 Å². The van der Waals surface area contributed by atoms with Gasteiger partial charge in [-0.15, -0.1) is 0 Å². The number of amides is 1. The largest absolute Gasteiger partial charge is 0.497 e. The van der Waals surface area contributed by atoms with E-state index in [0.29, 0.717) is 6.54 Å². The molecule has 0 aliphatic carbocycles. The highest BCUT2D eigenvalue weighted by Gasteiger charge is 2.08. The number of nitrogens with zero attached hydrogens (tertiary/aromatic N) is 2. The van der Waals surface area contributed by atoms with Gasteiger partial charge in [-0.25, -0.2) is 0 Å². The van der Waals surface area contributed by atoms with E-state index in [2.05, 4.69) is 0 Å². The Morgan fingerprint density at radius 1 is 1.44 bits per heavy atom. The summed E-state index contributed by atoms with van der Waals surface area (Å²) in [4.78, 5) is 12.9. The molecule has 84 valence electrons. The Kier molecular flexibility index (Phi) is 4.34. The molecule has 1 amide bonds. The Morgan fingerprint density at radius 2 is 2.06 bits per heavy atom. The summed E-state index contributed by atoms with van der Waals surface area (Å²) in [5.74, 6) is 0.619. The van der Waals surface area contributed by atoms with Gasteiger partial charge in [0.1, 0.15) is 12.2 Å². The fraction of sp³-hybridized carbons (Fsp3) is 0.333. The Bertz CT molecular complexity index is 392. The highest BCUT2D eigenvalue weighted by Crippen LogP contribution is 2.12. The lowest BCUT2D eigenvalue weighted by atomic mass is 10.2. The molecule has 0 bridgehead atoms. The lowest BCUT2D eigenvalue weighted by Crippen LogP contribution is -2.25. The summed E-state index contributed by atoms with van der Waals surface area (Å²) >= 11 is 0. The molecule has 0 fully saturated rings. The van der Waals surface area contributed by atoms with Gasteiger partial charge in [-0.1, -0.05) is 12.1 Å². The van der Waals surface area contributed by atoms with Crippen LogP contribution in [0.4, 0.5) is 0 Å². The van der Waals surface area contributed by atoms with Gasteiger partial charge in [-0.3, -0.25) is 4.79 Å². The molecule has 16 heavy (non-hydrogen) atoms. The van der Waals surface area contributed by atoms with Crippen molar-refractivity contribution in [2.75, 3.05) is 14.2 Å². The summed E-state index contributed by atoms with van der Waals surface area (Å²) in [6.07, 6.45) is -0.0767. The van der Waals surface area contributed by atoms with E-state index in [4.69, 9.17) is 10.00 Å². The summed E-state index contributed by atoms with van der Waals surface area (Å²) in [7, 11) is 3.29. The standard InChI is InChI=1S/C12H14N2O2/c1-14(12(15)7-8-13)9-10-3-5-11(16-2)6-4-10/h3-6H,7,9H2,1-2H3. The zero-order valence-electron chi connectivity index (χ0n) is 9.43. The van der Waals surface area contributed by atoms with Gasteiger partial charge in [0, 0.05) is 13.6 Å². The van der Waals surface area contributed by atoms with Gasteiger partial charge in [-0.2, -0.15) is 5.26 Å². The van der Waals surface area contributed by atoms with Crippen molar-refractivity contribution in [3.8, 4) is 11.8 Å². The third-order valence-corrected chi connectivity index (χ3v) is 2.23. The molecule has 1 aromatic carbocycles.